The second-order valence-corrected chi connectivity index (χ2v) is 2.63. The predicted octanol–water partition coefficient (Wildman–Crippen LogP) is 3.90. The predicted molar refractivity (Wildman–Crippen MR) is 52.4 cm³/mol. The van der Waals surface area contributed by atoms with Crippen LogP contribution in [0.2, 0.25) is 0 Å². The van der Waals surface area contributed by atoms with Crippen LogP contribution in [0.25, 0.3) is 0 Å². The largest absolute Gasteiger partial charge is 0.0879 e. The van der Waals surface area contributed by atoms with Gasteiger partial charge >= 0.3 is 0 Å². The highest BCUT2D eigenvalue weighted by Gasteiger charge is 1.74. The highest BCUT2D eigenvalue weighted by atomic mass is 13.8. The lowest BCUT2D eigenvalue weighted by Gasteiger charge is -1.84. The molecule has 11 heavy (non-hydrogen) atoms. The maximum atomic E-state index is 2.20. The second-order valence-electron chi connectivity index (χ2n) is 2.63. The van der Waals surface area contributed by atoms with Crippen molar-refractivity contribution in [2.45, 2.75) is 39.5 Å². The van der Waals surface area contributed by atoms with Crippen molar-refractivity contribution in [2.75, 3.05) is 0 Å². The van der Waals surface area contributed by atoms with Crippen LogP contribution in [0.15, 0.2) is 24.3 Å². The van der Waals surface area contributed by atoms with Gasteiger partial charge in [-0.15, -0.1) is 0 Å². The SMILES string of the molecule is CCCC=C[CH]C=CCCC. The van der Waals surface area contributed by atoms with Gasteiger partial charge in [0.1, 0.15) is 0 Å². The Morgan fingerprint density at radius 3 is 1.64 bits per heavy atom. The van der Waals surface area contributed by atoms with Gasteiger partial charge in [0, 0.05) is 6.42 Å². The van der Waals surface area contributed by atoms with E-state index < -0.39 is 0 Å². The summed E-state index contributed by atoms with van der Waals surface area (Å²) in [6.45, 7) is 4.38. The van der Waals surface area contributed by atoms with Crippen LogP contribution in [0.3, 0.4) is 0 Å². The van der Waals surface area contributed by atoms with Crippen molar-refractivity contribution in [3.63, 3.8) is 0 Å². The molecule has 0 aromatic carbocycles. The Hall–Kier alpha value is -0.520. The molecular weight excluding hydrogens is 132 g/mol. The molecule has 0 spiro atoms. The van der Waals surface area contributed by atoms with E-state index >= 15 is 0 Å². The molecule has 0 bridgehead atoms. The maximum Gasteiger partial charge on any atom is 0.00441 e. The molecule has 0 heterocycles. The fourth-order valence-corrected chi connectivity index (χ4v) is 0.747. The van der Waals surface area contributed by atoms with Gasteiger partial charge in [-0.25, -0.2) is 0 Å². The number of allylic oxidation sites excluding steroid dienone is 4. The molecule has 0 aromatic heterocycles. The molecule has 0 nitrogen and oxygen atoms in total. The first-order chi connectivity index (χ1) is 5.41. The third-order valence-corrected chi connectivity index (χ3v) is 1.41. The summed E-state index contributed by atoms with van der Waals surface area (Å²) in [4.78, 5) is 0. The average Bonchev–Trinajstić information content (AvgIpc) is 2.03. The quantitative estimate of drug-likeness (QED) is 0.540. The summed E-state index contributed by atoms with van der Waals surface area (Å²) < 4.78 is 0. The fourth-order valence-electron chi connectivity index (χ4n) is 0.747. The minimum Gasteiger partial charge on any atom is -0.0879 e. The van der Waals surface area contributed by atoms with E-state index in [9.17, 15) is 0 Å². The smallest absolute Gasteiger partial charge is 0.00441 e. The van der Waals surface area contributed by atoms with Gasteiger partial charge in [0.05, 0.1) is 0 Å². The molecule has 0 aliphatic carbocycles. The van der Waals surface area contributed by atoms with E-state index in [0.29, 0.717) is 0 Å². The first kappa shape index (κ1) is 10.5. The molecule has 0 aliphatic rings. The first-order valence-corrected chi connectivity index (χ1v) is 4.56. The van der Waals surface area contributed by atoms with Gasteiger partial charge in [0.2, 0.25) is 0 Å². The molecule has 0 amide bonds. The molecule has 0 aromatic rings. The van der Waals surface area contributed by atoms with Crippen LogP contribution in [0, 0.1) is 6.42 Å². The van der Waals surface area contributed by atoms with E-state index in [-0.39, 0.29) is 0 Å². The summed E-state index contributed by atoms with van der Waals surface area (Å²) in [5.41, 5.74) is 0. The zero-order valence-electron chi connectivity index (χ0n) is 7.72. The Labute approximate surface area is 71.0 Å². The summed E-state index contributed by atoms with van der Waals surface area (Å²) in [6, 6.07) is 0. The lowest BCUT2D eigenvalue weighted by molar-refractivity contribution is 0.955. The Kier molecular flexibility index (Phi) is 9.03. The van der Waals surface area contributed by atoms with Crippen molar-refractivity contribution < 1.29 is 0 Å². The molecule has 0 saturated carbocycles. The zero-order valence-corrected chi connectivity index (χ0v) is 7.72. The molecule has 0 aliphatic heterocycles. The summed E-state index contributed by atoms with van der Waals surface area (Å²) in [7, 11) is 0. The number of rotatable bonds is 6. The van der Waals surface area contributed by atoms with E-state index in [1.54, 1.807) is 0 Å². The van der Waals surface area contributed by atoms with Crippen LogP contribution >= 0.6 is 0 Å². The molecule has 0 fully saturated rings. The van der Waals surface area contributed by atoms with E-state index in [1.165, 1.54) is 25.7 Å². The molecule has 0 atom stereocenters. The van der Waals surface area contributed by atoms with Crippen LogP contribution in [0.1, 0.15) is 39.5 Å². The second kappa shape index (κ2) is 9.48. The van der Waals surface area contributed by atoms with Crippen molar-refractivity contribution in [3.05, 3.63) is 30.7 Å². The molecule has 0 rings (SSSR count). The molecule has 0 N–H and O–H groups in total. The topological polar surface area (TPSA) is 0 Å². The van der Waals surface area contributed by atoms with E-state index in [4.69, 9.17) is 0 Å². The van der Waals surface area contributed by atoms with Crippen molar-refractivity contribution in [2.24, 2.45) is 0 Å². The monoisotopic (exact) mass is 151 g/mol. The van der Waals surface area contributed by atoms with Crippen LogP contribution in [-0.4, -0.2) is 0 Å². The Morgan fingerprint density at radius 1 is 0.818 bits per heavy atom. The van der Waals surface area contributed by atoms with Crippen LogP contribution in [-0.2, 0) is 0 Å². The molecule has 0 heteroatoms. The van der Waals surface area contributed by atoms with Gasteiger partial charge in [0.15, 0.2) is 0 Å². The summed E-state index contributed by atoms with van der Waals surface area (Å²) in [5.74, 6) is 0. The molecular formula is C11H19. The van der Waals surface area contributed by atoms with Gasteiger partial charge in [-0.2, -0.15) is 0 Å². The van der Waals surface area contributed by atoms with Gasteiger partial charge in [-0.05, 0) is 12.8 Å². The van der Waals surface area contributed by atoms with Crippen molar-refractivity contribution in [1.29, 1.82) is 0 Å². The summed E-state index contributed by atoms with van der Waals surface area (Å²) in [5, 5.41) is 0. The standard InChI is InChI=1S/C11H19/c1-3-5-7-9-11-10-8-6-4-2/h7-11H,3-6H2,1-2H3. The first-order valence-electron chi connectivity index (χ1n) is 4.56. The van der Waals surface area contributed by atoms with Gasteiger partial charge < -0.3 is 0 Å². The number of hydrogen-bond donors (Lipinski definition) is 0. The van der Waals surface area contributed by atoms with Crippen molar-refractivity contribution >= 4 is 0 Å². The fraction of sp³-hybridized carbons (Fsp3) is 0.545. The van der Waals surface area contributed by atoms with E-state index in [2.05, 4.69) is 44.6 Å². The third kappa shape index (κ3) is 9.48. The summed E-state index contributed by atoms with van der Waals surface area (Å²) in [6.07, 6.45) is 15.6. The maximum absolute atomic E-state index is 2.20. The molecule has 0 saturated heterocycles. The average molecular weight is 151 g/mol. The number of unbranched alkanes of at least 4 members (excludes halogenated alkanes) is 2. The Balaban J connectivity index is 3.11. The zero-order chi connectivity index (χ0) is 8.36. The highest BCUT2D eigenvalue weighted by Crippen LogP contribution is 1.93. The molecule has 0 unspecified atom stereocenters. The van der Waals surface area contributed by atoms with Crippen molar-refractivity contribution in [3.8, 4) is 0 Å². The molecule has 1 radical (unpaired) electrons. The minimum absolute atomic E-state index is 1.19. The minimum atomic E-state index is 1.19. The molecule has 63 valence electrons. The number of hydrogen-bond acceptors (Lipinski definition) is 0. The van der Waals surface area contributed by atoms with Gasteiger partial charge in [-0.3, -0.25) is 0 Å². The summed E-state index contributed by atoms with van der Waals surface area (Å²) >= 11 is 0. The van der Waals surface area contributed by atoms with Crippen LogP contribution in [0.4, 0.5) is 0 Å². The lowest BCUT2D eigenvalue weighted by Crippen LogP contribution is -1.64. The van der Waals surface area contributed by atoms with E-state index in [1.807, 2.05) is 0 Å². The van der Waals surface area contributed by atoms with Gasteiger partial charge in [0.25, 0.3) is 0 Å². The Bertz CT molecular complexity index is 95.2. The third-order valence-electron chi connectivity index (χ3n) is 1.41. The Morgan fingerprint density at radius 2 is 1.27 bits per heavy atom. The lowest BCUT2D eigenvalue weighted by atomic mass is 10.2. The van der Waals surface area contributed by atoms with Crippen LogP contribution in [0.5, 0.6) is 0 Å². The van der Waals surface area contributed by atoms with Crippen molar-refractivity contribution in [1.82, 2.24) is 0 Å². The van der Waals surface area contributed by atoms with Gasteiger partial charge in [-0.1, -0.05) is 51.0 Å². The highest BCUT2D eigenvalue weighted by molar-refractivity contribution is 5.07. The van der Waals surface area contributed by atoms with Crippen LogP contribution < -0.4 is 0 Å². The van der Waals surface area contributed by atoms with E-state index in [0.717, 1.165) is 0 Å². The normalized spacial score (nSPS) is 11.8.